The van der Waals surface area contributed by atoms with Gasteiger partial charge in [-0.25, -0.2) is 8.42 Å². The molecule has 1 aromatic heterocycles. The number of benzene rings is 1. The van der Waals surface area contributed by atoms with Gasteiger partial charge in [0.15, 0.2) is 0 Å². The van der Waals surface area contributed by atoms with Gasteiger partial charge in [0.2, 0.25) is 0 Å². The number of thiophene rings is 1. The molecule has 1 fully saturated rings. The first-order valence-electron chi connectivity index (χ1n) is 7.17. The van der Waals surface area contributed by atoms with Crippen molar-refractivity contribution in [2.24, 2.45) is 0 Å². The first-order valence-corrected chi connectivity index (χ1v) is 9.85. The summed E-state index contributed by atoms with van der Waals surface area (Å²) >= 11 is 7.30. The number of hydrogen-bond donors (Lipinski definition) is 1. The fourth-order valence-electron chi connectivity index (χ4n) is 2.42. The van der Waals surface area contributed by atoms with Crippen LogP contribution in [0, 0.1) is 6.92 Å². The lowest BCUT2D eigenvalue weighted by Crippen LogP contribution is -2.36. The average molecular weight is 373 g/mol. The largest absolute Gasteiger partial charge is 0.378 e. The highest BCUT2D eigenvalue weighted by Crippen LogP contribution is 2.32. The van der Waals surface area contributed by atoms with Crippen LogP contribution < -0.4 is 9.62 Å². The standard InChI is InChI=1S/C15H17ClN2O3S2/c1-11-2-5-15(22-11)23(19,20)17-13-10-12(16)3-4-14(13)18-6-8-21-9-7-18/h2-5,10,17H,6-9H2,1H3. The van der Waals surface area contributed by atoms with E-state index in [9.17, 15) is 8.42 Å². The summed E-state index contributed by atoms with van der Waals surface area (Å²) in [5, 5.41) is 0.488. The summed E-state index contributed by atoms with van der Waals surface area (Å²) in [4.78, 5) is 3.04. The second-order valence-corrected chi connectivity index (χ2v) is 8.87. The lowest BCUT2D eigenvalue weighted by Gasteiger charge is -2.30. The van der Waals surface area contributed by atoms with Crippen molar-refractivity contribution in [3.63, 3.8) is 0 Å². The monoisotopic (exact) mass is 372 g/mol. The zero-order chi connectivity index (χ0) is 16.4. The van der Waals surface area contributed by atoms with Crippen molar-refractivity contribution >= 4 is 44.3 Å². The smallest absolute Gasteiger partial charge is 0.271 e. The number of ether oxygens (including phenoxy) is 1. The van der Waals surface area contributed by atoms with Crippen LogP contribution in [0.2, 0.25) is 5.02 Å². The maximum absolute atomic E-state index is 12.6. The van der Waals surface area contributed by atoms with Crippen molar-refractivity contribution in [3.8, 4) is 0 Å². The lowest BCUT2D eigenvalue weighted by molar-refractivity contribution is 0.123. The van der Waals surface area contributed by atoms with Crippen molar-refractivity contribution in [2.45, 2.75) is 11.1 Å². The molecule has 0 atom stereocenters. The van der Waals surface area contributed by atoms with E-state index in [0.717, 1.165) is 10.6 Å². The minimum Gasteiger partial charge on any atom is -0.378 e. The molecule has 124 valence electrons. The van der Waals surface area contributed by atoms with Crippen LogP contribution in [0.15, 0.2) is 34.5 Å². The molecule has 0 amide bonds. The average Bonchev–Trinajstić information content (AvgIpc) is 2.95. The third kappa shape index (κ3) is 3.80. The van der Waals surface area contributed by atoms with Gasteiger partial charge in [-0.05, 0) is 37.3 Å². The van der Waals surface area contributed by atoms with Crippen molar-refractivity contribution in [1.29, 1.82) is 0 Å². The Hall–Kier alpha value is -1.28. The van der Waals surface area contributed by atoms with Crippen molar-refractivity contribution in [3.05, 3.63) is 40.2 Å². The Labute approximate surface area is 144 Å². The zero-order valence-electron chi connectivity index (χ0n) is 12.6. The SMILES string of the molecule is Cc1ccc(S(=O)(=O)Nc2cc(Cl)ccc2N2CCOCC2)s1. The molecule has 0 unspecified atom stereocenters. The molecule has 5 nitrogen and oxygen atoms in total. The summed E-state index contributed by atoms with van der Waals surface area (Å²) in [7, 11) is -3.62. The van der Waals surface area contributed by atoms with Gasteiger partial charge in [-0.2, -0.15) is 0 Å². The number of nitrogens with zero attached hydrogens (tertiary/aromatic N) is 1. The number of halogens is 1. The molecule has 1 aliphatic heterocycles. The molecule has 0 saturated carbocycles. The number of nitrogens with one attached hydrogen (secondary N) is 1. The number of sulfonamides is 1. The minimum atomic E-state index is -3.62. The summed E-state index contributed by atoms with van der Waals surface area (Å²) in [5.74, 6) is 0. The number of aryl methyl sites for hydroxylation is 1. The summed E-state index contributed by atoms with van der Waals surface area (Å²) in [6.45, 7) is 4.56. The molecule has 0 bridgehead atoms. The van der Waals surface area contributed by atoms with Crippen LogP contribution in [-0.4, -0.2) is 34.7 Å². The molecule has 0 spiro atoms. The first kappa shape index (κ1) is 16.6. The number of anilines is 2. The zero-order valence-corrected chi connectivity index (χ0v) is 15.0. The maximum Gasteiger partial charge on any atom is 0.271 e. The van der Waals surface area contributed by atoms with E-state index in [0.29, 0.717) is 41.2 Å². The summed E-state index contributed by atoms with van der Waals surface area (Å²) in [6, 6.07) is 8.65. The Kier molecular flexibility index (Phi) is 4.82. The van der Waals surface area contributed by atoms with Crippen LogP contribution in [0.1, 0.15) is 4.88 Å². The van der Waals surface area contributed by atoms with Crippen molar-refractivity contribution in [2.75, 3.05) is 35.9 Å². The van der Waals surface area contributed by atoms with Crippen LogP contribution >= 0.6 is 22.9 Å². The fourth-order valence-corrected chi connectivity index (χ4v) is 4.94. The lowest BCUT2D eigenvalue weighted by atomic mass is 10.2. The molecular formula is C15H17ClN2O3S2. The Morgan fingerprint density at radius 3 is 2.61 bits per heavy atom. The molecule has 2 aromatic rings. The quantitative estimate of drug-likeness (QED) is 0.894. The Morgan fingerprint density at radius 1 is 1.22 bits per heavy atom. The van der Waals surface area contributed by atoms with E-state index in [2.05, 4.69) is 9.62 Å². The van der Waals surface area contributed by atoms with E-state index in [1.807, 2.05) is 13.0 Å². The van der Waals surface area contributed by atoms with Crippen LogP contribution in [0.25, 0.3) is 0 Å². The van der Waals surface area contributed by atoms with Gasteiger partial charge in [-0.15, -0.1) is 11.3 Å². The van der Waals surface area contributed by atoms with Crippen molar-refractivity contribution < 1.29 is 13.2 Å². The highest BCUT2D eigenvalue weighted by molar-refractivity contribution is 7.94. The molecule has 23 heavy (non-hydrogen) atoms. The predicted octanol–water partition coefficient (Wildman–Crippen LogP) is 3.35. The second kappa shape index (κ2) is 6.68. The van der Waals surface area contributed by atoms with E-state index in [1.54, 1.807) is 24.3 Å². The molecular weight excluding hydrogens is 356 g/mol. The molecule has 8 heteroatoms. The molecule has 0 radical (unpaired) electrons. The number of hydrogen-bond acceptors (Lipinski definition) is 5. The third-order valence-corrected chi connectivity index (χ3v) is 6.63. The van der Waals surface area contributed by atoms with Crippen LogP contribution in [-0.2, 0) is 14.8 Å². The topological polar surface area (TPSA) is 58.6 Å². The van der Waals surface area contributed by atoms with Gasteiger partial charge >= 0.3 is 0 Å². The maximum atomic E-state index is 12.6. The van der Waals surface area contributed by atoms with E-state index in [4.69, 9.17) is 16.3 Å². The molecule has 0 aliphatic carbocycles. The number of rotatable bonds is 4. The Morgan fingerprint density at radius 2 is 1.96 bits per heavy atom. The Balaban J connectivity index is 1.93. The molecule has 1 saturated heterocycles. The molecule has 3 rings (SSSR count). The summed E-state index contributed by atoms with van der Waals surface area (Å²) in [6.07, 6.45) is 0. The summed E-state index contributed by atoms with van der Waals surface area (Å²) in [5.41, 5.74) is 1.31. The van der Waals surface area contributed by atoms with Crippen LogP contribution in [0.5, 0.6) is 0 Å². The Bertz CT molecular complexity index is 799. The van der Waals surface area contributed by atoms with Gasteiger partial charge in [0, 0.05) is 23.0 Å². The van der Waals surface area contributed by atoms with E-state index >= 15 is 0 Å². The van der Waals surface area contributed by atoms with Gasteiger partial charge in [0.25, 0.3) is 10.0 Å². The second-order valence-electron chi connectivity index (χ2n) is 5.23. The van der Waals surface area contributed by atoms with Gasteiger partial charge in [-0.3, -0.25) is 4.72 Å². The fraction of sp³-hybridized carbons (Fsp3) is 0.333. The molecule has 1 N–H and O–H groups in total. The van der Waals surface area contributed by atoms with Crippen LogP contribution in [0.3, 0.4) is 0 Å². The predicted molar refractivity (Wildman–Crippen MR) is 94.3 cm³/mol. The van der Waals surface area contributed by atoms with Gasteiger partial charge in [0.05, 0.1) is 24.6 Å². The summed E-state index contributed by atoms with van der Waals surface area (Å²) < 4.78 is 33.5. The van der Waals surface area contributed by atoms with E-state index < -0.39 is 10.0 Å². The van der Waals surface area contributed by atoms with E-state index in [-0.39, 0.29) is 0 Å². The first-order chi connectivity index (χ1) is 11.0. The van der Waals surface area contributed by atoms with E-state index in [1.165, 1.54) is 11.3 Å². The van der Waals surface area contributed by atoms with Gasteiger partial charge < -0.3 is 9.64 Å². The third-order valence-electron chi connectivity index (χ3n) is 3.54. The molecule has 2 heterocycles. The van der Waals surface area contributed by atoms with Gasteiger partial charge in [0.1, 0.15) is 4.21 Å². The minimum absolute atomic E-state index is 0.294. The molecule has 1 aromatic carbocycles. The number of morpholine rings is 1. The van der Waals surface area contributed by atoms with Crippen molar-refractivity contribution in [1.82, 2.24) is 0 Å². The normalized spacial score (nSPS) is 15.7. The molecule has 1 aliphatic rings. The highest BCUT2D eigenvalue weighted by Gasteiger charge is 2.21. The highest BCUT2D eigenvalue weighted by atomic mass is 35.5. The van der Waals surface area contributed by atoms with Gasteiger partial charge in [-0.1, -0.05) is 11.6 Å². The van der Waals surface area contributed by atoms with Crippen LogP contribution in [0.4, 0.5) is 11.4 Å².